The topological polar surface area (TPSA) is 198 Å². The number of likely N-dealkylation sites (N-methyl/N-ethyl adjacent to an activating group) is 1. The first-order valence-electron chi connectivity index (χ1n) is 13.4. The van der Waals surface area contributed by atoms with E-state index in [1.54, 1.807) is 19.1 Å². The van der Waals surface area contributed by atoms with Gasteiger partial charge in [0.2, 0.25) is 0 Å². The minimum absolute atomic E-state index is 0.00793. The Morgan fingerprint density at radius 3 is 2.30 bits per heavy atom. The van der Waals surface area contributed by atoms with Crippen LogP contribution >= 0.6 is 11.6 Å². The number of amides is 3. The third-order valence-corrected chi connectivity index (χ3v) is 6.31. The molecule has 0 radical (unpaired) electrons. The van der Waals surface area contributed by atoms with E-state index >= 15 is 0 Å². The van der Waals surface area contributed by atoms with Crippen molar-refractivity contribution in [3.05, 3.63) is 82.6 Å². The predicted molar refractivity (Wildman–Crippen MR) is 162 cm³/mol. The molecule has 18 heteroatoms. The van der Waals surface area contributed by atoms with Gasteiger partial charge in [-0.15, -0.1) is 0 Å². The molecule has 3 rings (SSSR count). The van der Waals surface area contributed by atoms with E-state index in [4.69, 9.17) is 32.2 Å². The summed E-state index contributed by atoms with van der Waals surface area (Å²) in [6, 6.07) is 10.0. The number of alkyl halides is 3. The molecule has 0 aliphatic heterocycles. The van der Waals surface area contributed by atoms with E-state index in [1.165, 1.54) is 62.9 Å². The number of nitrogens with one attached hydrogen (secondary N) is 4. The highest BCUT2D eigenvalue weighted by Gasteiger charge is 2.44. The molecule has 0 spiro atoms. The van der Waals surface area contributed by atoms with Gasteiger partial charge in [-0.1, -0.05) is 17.7 Å². The average Bonchev–Trinajstić information content (AvgIpc) is 3.02. The molecule has 0 bridgehead atoms. The summed E-state index contributed by atoms with van der Waals surface area (Å²) < 4.78 is 54.0. The standard InChI is InChI=1S/C29H29ClF3N7O7/c1-4-45-21-13-16(7-10-20(21)46-27(26(43)40(2)3)47-28(44)29(31,32)33)22(37-17-8-5-15(6-9-17)23(34)35)25(42)39-38-24(41)18-11-12-36-14-19(18)30/h5-14,22,27,37H,4H2,1-3H3,(H3,34,35)(H,38,41)(H,39,42). The van der Waals surface area contributed by atoms with E-state index in [9.17, 15) is 32.3 Å². The van der Waals surface area contributed by atoms with Crippen LogP contribution in [-0.2, 0) is 19.1 Å². The Labute approximate surface area is 270 Å². The Morgan fingerprint density at radius 1 is 1.04 bits per heavy atom. The Morgan fingerprint density at radius 2 is 1.72 bits per heavy atom. The second kappa shape index (κ2) is 15.6. The lowest BCUT2D eigenvalue weighted by molar-refractivity contribution is -0.217. The summed E-state index contributed by atoms with van der Waals surface area (Å²) in [5.41, 5.74) is 11.1. The summed E-state index contributed by atoms with van der Waals surface area (Å²) in [6.07, 6.45) is -5.17. The number of nitrogens with zero attached hydrogens (tertiary/aromatic N) is 2. The minimum Gasteiger partial charge on any atom is -0.490 e. The molecule has 14 nitrogen and oxygen atoms in total. The lowest BCUT2D eigenvalue weighted by atomic mass is 10.0. The fraction of sp³-hybridized carbons (Fsp3) is 0.241. The molecule has 1 heterocycles. The van der Waals surface area contributed by atoms with Crippen molar-refractivity contribution in [1.82, 2.24) is 20.7 Å². The highest BCUT2D eigenvalue weighted by molar-refractivity contribution is 6.33. The monoisotopic (exact) mass is 679 g/mol. The van der Waals surface area contributed by atoms with Crippen LogP contribution in [0.3, 0.4) is 0 Å². The SMILES string of the molecule is CCOc1cc(C(Nc2ccc(C(=N)N)cc2)C(=O)NNC(=O)c2ccncc2Cl)ccc1OC(OC(=O)C(F)(F)F)C(=O)N(C)C. The smallest absolute Gasteiger partial charge is 0.490 e. The van der Waals surface area contributed by atoms with Crippen LogP contribution in [0.1, 0.15) is 34.5 Å². The maximum atomic E-state index is 13.5. The summed E-state index contributed by atoms with van der Waals surface area (Å²) in [5.74, 6) is -5.94. The minimum atomic E-state index is -5.41. The van der Waals surface area contributed by atoms with Crippen LogP contribution in [0.2, 0.25) is 5.02 Å². The summed E-state index contributed by atoms with van der Waals surface area (Å²) in [4.78, 5) is 54.9. The number of benzene rings is 2. The molecule has 2 atom stereocenters. The quantitative estimate of drug-likeness (QED) is 0.0624. The second-order valence-corrected chi connectivity index (χ2v) is 10.00. The number of anilines is 1. The van der Waals surface area contributed by atoms with Gasteiger partial charge in [0.15, 0.2) is 11.5 Å². The summed E-state index contributed by atoms with van der Waals surface area (Å²) in [7, 11) is 2.43. The zero-order valence-electron chi connectivity index (χ0n) is 25.0. The number of amidine groups is 1. The van der Waals surface area contributed by atoms with Crippen molar-refractivity contribution in [3.63, 3.8) is 0 Å². The predicted octanol–water partition coefficient (Wildman–Crippen LogP) is 2.93. The van der Waals surface area contributed by atoms with Gasteiger partial charge in [-0.25, -0.2) is 4.79 Å². The number of esters is 1. The third kappa shape index (κ3) is 9.70. The van der Waals surface area contributed by atoms with Crippen LogP contribution in [0.25, 0.3) is 0 Å². The maximum Gasteiger partial charge on any atom is 0.491 e. The molecule has 47 heavy (non-hydrogen) atoms. The van der Waals surface area contributed by atoms with E-state index in [2.05, 4.69) is 25.9 Å². The zero-order valence-corrected chi connectivity index (χ0v) is 25.7. The number of aromatic nitrogens is 1. The maximum absolute atomic E-state index is 13.5. The van der Waals surface area contributed by atoms with Gasteiger partial charge in [-0.05, 0) is 55.0 Å². The number of hydrazine groups is 1. The molecule has 0 saturated heterocycles. The van der Waals surface area contributed by atoms with Gasteiger partial charge in [-0.3, -0.25) is 35.6 Å². The first-order chi connectivity index (χ1) is 22.1. The van der Waals surface area contributed by atoms with Crippen molar-refractivity contribution in [2.45, 2.75) is 25.4 Å². The number of pyridine rings is 1. The molecule has 250 valence electrons. The number of halogens is 4. The Bertz CT molecular complexity index is 1640. The highest BCUT2D eigenvalue weighted by atomic mass is 35.5. The van der Waals surface area contributed by atoms with Crippen LogP contribution in [-0.4, -0.2) is 72.6 Å². The van der Waals surface area contributed by atoms with Crippen molar-refractivity contribution < 1.29 is 46.6 Å². The van der Waals surface area contributed by atoms with Gasteiger partial charge >= 0.3 is 24.3 Å². The van der Waals surface area contributed by atoms with Crippen LogP contribution < -0.4 is 31.4 Å². The number of carbonyl (C=O) groups excluding carboxylic acids is 4. The summed E-state index contributed by atoms with van der Waals surface area (Å²) in [5, 5.41) is 10.6. The van der Waals surface area contributed by atoms with Gasteiger partial charge in [0.1, 0.15) is 11.9 Å². The highest BCUT2D eigenvalue weighted by Crippen LogP contribution is 2.33. The normalized spacial score (nSPS) is 12.1. The Hall–Kier alpha value is -5.58. The van der Waals surface area contributed by atoms with Crippen LogP contribution in [0.4, 0.5) is 18.9 Å². The summed E-state index contributed by atoms with van der Waals surface area (Å²) in [6.45, 7) is 1.59. The zero-order chi connectivity index (χ0) is 34.9. The second-order valence-electron chi connectivity index (χ2n) is 9.59. The molecule has 0 aliphatic rings. The molecule has 2 unspecified atom stereocenters. The molecular formula is C29H29ClF3N7O7. The first kappa shape index (κ1) is 35.9. The molecular weight excluding hydrogens is 651 g/mol. The van der Waals surface area contributed by atoms with Crippen molar-refractivity contribution in [1.29, 1.82) is 5.41 Å². The molecule has 0 aliphatic carbocycles. The Kier molecular flexibility index (Phi) is 11.9. The molecule has 3 amide bonds. The third-order valence-electron chi connectivity index (χ3n) is 6.01. The van der Waals surface area contributed by atoms with Crippen molar-refractivity contribution in [3.8, 4) is 11.5 Å². The van der Waals surface area contributed by atoms with E-state index in [1.807, 2.05) is 0 Å². The molecule has 6 N–H and O–H groups in total. The van der Waals surface area contributed by atoms with Gasteiger partial charge in [-0.2, -0.15) is 13.2 Å². The van der Waals surface area contributed by atoms with Crippen LogP contribution in [0, 0.1) is 5.41 Å². The Balaban J connectivity index is 1.97. The van der Waals surface area contributed by atoms with Crippen LogP contribution in [0.5, 0.6) is 11.5 Å². The van der Waals surface area contributed by atoms with E-state index < -0.39 is 42.2 Å². The van der Waals surface area contributed by atoms with Crippen molar-refractivity contribution in [2.75, 3.05) is 26.0 Å². The molecule has 3 aromatic rings. The molecule has 0 saturated carbocycles. The van der Waals surface area contributed by atoms with E-state index in [0.29, 0.717) is 11.3 Å². The van der Waals surface area contributed by atoms with Gasteiger partial charge in [0.05, 0.1) is 17.2 Å². The molecule has 1 aromatic heterocycles. The van der Waals surface area contributed by atoms with Gasteiger partial charge in [0, 0.05) is 37.7 Å². The van der Waals surface area contributed by atoms with Gasteiger partial charge in [0.25, 0.3) is 11.8 Å². The number of nitrogens with two attached hydrogens (primary N) is 1. The largest absolute Gasteiger partial charge is 0.491 e. The van der Waals surface area contributed by atoms with Crippen molar-refractivity contribution in [2.24, 2.45) is 5.73 Å². The fourth-order valence-corrected chi connectivity index (χ4v) is 3.92. The van der Waals surface area contributed by atoms with Gasteiger partial charge < -0.3 is 30.2 Å². The molecule has 0 fully saturated rings. The average molecular weight is 680 g/mol. The number of hydrogen-bond acceptors (Lipinski definition) is 10. The van der Waals surface area contributed by atoms with E-state index in [-0.39, 0.29) is 40.1 Å². The number of hydrogen-bond donors (Lipinski definition) is 5. The van der Waals surface area contributed by atoms with Crippen molar-refractivity contribution >= 4 is 46.8 Å². The number of rotatable bonds is 12. The lowest BCUT2D eigenvalue weighted by Crippen LogP contribution is -2.45. The molecule has 2 aromatic carbocycles. The summed E-state index contributed by atoms with van der Waals surface area (Å²) >= 11 is 6.01. The number of ether oxygens (including phenoxy) is 3. The van der Waals surface area contributed by atoms with Crippen LogP contribution in [0.15, 0.2) is 60.9 Å². The first-order valence-corrected chi connectivity index (χ1v) is 13.8. The van der Waals surface area contributed by atoms with E-state index in [0.717, 1.165) is 4.90 Å². The number of carbonyl (C=O) groups is 4. The lowest BCUT2D eigenvalue weighted by Gasteiger charge is -2.24. The number of nitrogen functional groups attached to an aromatic ring is 1. The fourth-order valence-electron chi connectivity index (χ4n) is 3.72.